The Morgan fingerprint density at radius 3 is 2.75 bits per heavy atom. The summed E-state index contributed by atoms with van der Waals surface area (Å²) < 4.78 is 0.727. The van der Waals surface area contributed by atoms with Crippen molar-refractivity contribution in [2.24, 2.45) is 5.41 Å². The van der Waals surface area contributed by atoms with E-state index in [2.05, 4.69) is 5.32 Å². The van der Waals surface area contributed by atoms with Gasteiger partial charge in [-0.05, 0) is 25.0 Å². The van der Waals surface area contributed by atoms with Crippen LogP contribution < -0.4 is 5.32 Å². The third-order valence-corrected chi connectivity index (χ3v) is 4.38. The molecule has 1 aromatic heterocycles. The van der Waals surface area contributed by atoms with Gasteiger partial charge in [0, 0.05) is 4.88 Å². The maximum absolute atomic E-state index is 11.9. The van der Waals surface area contributed by atoms with Crippen LogP contribution in [0.15, 0.2) is 12.1 Å². The van der Waals surface area contributed by atoms with Crippen molar-refractivity contribution in [1.82, 2.24) is 5.32 Å². The Hall–Kier alpha value is -0.580. The van der Waals surface area contributed by atoms with Crippen molar-refractivity contribution >= 4 is 28.8 Å². The Labute approximate surface area is 103 Å². The van der Waals surface area contributed by atoms with Crippen LogP contribution in [0.1, 0.15) is 24.1 Å². The Balaban J connectivity index is 1.88. The molecule has 1 amide bonds. The monoisotopic (exact) mass is 259 g/mol. The topological polar surface area (TPSA) is 49.3 Å². The Morgan fingerprint density at radius 1 is 1.56 bits per heavy atom. The zero-order chi connectivity index (χ0) is 11.6. The average molecular weight is 260 g/mol. The lowest BCUT2D eigenvalue weighted by Crippen LogP contribution is -2.47. The fourth-order valence-corrected chi connectivity index (χ4v) is 2.89. The second-order valence-corrected chi connectivity index (χ2v) is 5.98. The maximum atomic E-state index is 11.9. The predicted molar refractivity (Wildman–Crippen MR) is 64.5 cm³/mol. The lowest BCUT2D eigenvalue weighted by atomic mass is 9.68. The lowest BCUT2D eigenvalue weighted by Gasteiger charge is -2.38. The van der Waals surface area contributed by atoms with Crippen LogP contribution in [0, 0.1) is 5.41 Å². The number of halogens is 1. The highest BCUT2D eigenvalue weighted by molar-refractivity contribution is 7.16. The smallest absolute Gasteiger partial charge is 0.228 e. The van der Waals surface area contributed by atoms with Crippen LogP contribution in [-0.4, -0.2) is 17.6 Å². The Kier molecular flexibility index (Phi) is 3.52. The zero-order valence-corrected chi connectivity index (χ0v) is 10.4. The summed E-state index contributed by atoms with van der Waals surface area (Å²) in [6.45, 7) is 0.446. The molecule has 0 spiro atoms. The number of carbonyl (C=O) groups excluding carboxylic acids is 1. The fraction of sp³-hybridized carbons (Fsp3) is 0.545. The van der Waals surface area contributed by atoms with E-state index in [4.69, 9.17) is 11.6 Å². The normalized spacial score (nSPS) is 17.9. The number of aliphatic hydroxyl groups excluding tert-OH is 1. The molecule has 1 saturated carbocycles. The zero-order valence-electron chi connectivity index (χ0n) is 8.83. The third-order valence-electron chi connectivity index (χ3n) is 3.15. The van der Waals surface area contributed by atoms with E-state index in [0.717, 1.165) is 28.5 Å². The molecule has 0 radical (unpaired) electrons. The largest absolute Gasteiger partial charge is 0.395 e. The van der Waals surface area contributed by atoms with E-state index in [1.807, 2.05) is 12.1 Å². The van der Waals surface area contributed by atoms with Crippen LogP contribution in [0.5, 0.6) is 0 Å². The van der Waals surface area contributed by atoms with Gasteiger partial charge in [-0.1, -0.05) is 18.0 Å². The van der Waals surface area contributed by atoms with E-state index in [-0.39, 0.29) is 12.5 Å². The number of rotatable bonds is 4. The molecule has 1 aliphatic rings. The molecule has 0 aliphatic heterocycles. The van der Waals surface area contributed by atoms with Gasteiger partial charge in [-0.3, -0.25) is 4.79 Å². The van der Waals surface area contributed by atoms with E-state index >= 15 is 0 Å². The number of nitrogens with one attached hydrogen (secondary N) is 1. The molecule has 88 valence electrons. The van der Waals surface area contributed by atoms with E-state index in [0.29, 0.717) is 6.54 Å². The highest BCUT2D eigenvalue weighted by Gasteiger charge is 2.43. The van der Waals surface area contributed by atoms with Crippen molar-refractivity contribution in [1.29, 1.82) is 0 Å². The van der Waals surface area contributed by atoms with Gasteiger partial charge in [-0.2, -0.15) is 0 Å². The Bertz CT molecular complexity index is 382. The van der Waals surface area contributed by atoms with Gasteiger partial charge in [-0.15, -0.1) is 11.3 Å². The first-order chi connectivity index (χ1) is 7.66. The molecular weight excluding hydrogens is 246 g/mol. The van der Waals surface area contributed by atoms with Crippen LogP contribution >= 0.6 is 22.9 Å². The lowest BCUT2D eigenvalue weighted by molar-refractivity contribution is -0.139. The number of hydrogen-bond acceptors (Lipinski definition) is 3. The molecule has 0 saturated heterocycles. The first-order valence-corrected chi connectivity index (χ1v) is 6.49. The van der Waals surface area contributed by atoms with Crippen LogP contribution in [0.4, 0.5) is 0 Å². The Morgan fingerprint density at radius 2 is 2.31 bits per heavy atom. The van der Waals surface area contributed by atoms with Gasteiger partial charge < -0.3 is 10.4 Å². The molecule has 3 nitrogen and oxygen atoms in total. The minimum Gasteiger partial charge on any atom is -0.395 e. The summed E-state index contributed by atoms with van der Waals surface area (Å²) in [5.41, 5.74) is -0.513. The number of thiophene rings is 1. The molecule has 0 aromatic carbocycles. The molecular formula is C11H14ClNO2S. The first-order valence-electron chi connectivity index (χ1n) is 5.30. The predicted octanol–water partition coefficient (Wildman–Crippen LogP) is 2.18. The van der Waals surface area contributed by atoms with Crippen molar-refractivity contribution in [3.63, 3.8) is 0 Å². The maximum Gasteiger partial charge on any atom is 0.228 e. The molecule has 1 aromatic rings. The number of carbonyl (C=O) groups is 1. The molecule has 1 heterocycles. The molecule has 2 N–H and O–H groups in total. The summed E-state index contributed by atoms with van der Waals surface area (Å²) in [5, 5.41) is 12.1. The van der Waals surface area contributed by atoms with Crippen molar-refractivity contribution in [3.8, 4) is 0 Å². The average Bonchev–Trinajstić information content (AvgIpc) is 2.60. The summed E-state index contributed by atoms with van der Waals surface area (Å²) in [6, 6.07) is 3.72. The summed E-state index contributed by atoms with van der Waals surface area (Å²) in [5.74, 6) is -0.0363. The summed E-state index contributed by atoms with van der Waals surface area (Å²) in [6.07, 6.45) is 2.61. The molecule has 5 heteroatoms. The second kappa shape index (κ2) is 4.73. The molecule has 0 unspecified atom stereocenters. The highest BCUT2D eigenvalue weighted by Crippen LogP contribution is 2.40. The van der Waals surface area contributed by atoms with Crippen molar-refractivity contribution in [3.05, 3.63) is 21.3 Å². The summed E-state index contributed by atoms with van der Waals surface area (Å²) in [7, 11) is 0. The standard InChI is InChI=1S/C11H14ClNO2S/c12-9-3-2-8(16-9)6-13-10(15)11(7-14)4-1-5-11/h2-3,14H,1,4-7H2,(H,13,15). The van der Waals surface area contributed by atoms with Gasteiger partial charge >= 0.3 is 0 Å². The number of amides is 1. The summed E-state index contributed by atoms with van der Waals surface area (Å²) >= 11 is 7.26. The summed E-state index contributed by atoms with van der Waals surface area (Å²) in [4.78, 5) is 12.9. The van der Waals surface area contributed by atoms with Gasteiger partial charge in [0.1, 0.15) is 0 Å². The van der Waals surface area contributed by atoms with Gasteiger partial charge in [0.15, 0.2) is 0 Å². The van der Waals surface area contributed by atoms with Gasteiger partial charge in [0.2, 0.25) is 5.91 Å². The van der Waals surface area contributed by atoms with Crippen molar-refractivity contribution < 1.29 is 9.90 Å². The second-order valence-electron chi connectivity index (χ2n) is 4.18. The van der Waals surface area contributed by atoms with E-state index in [1.54, 1.807) is 0 Å². The quantitative estimate of drug-likeness (QED) is 0.871. The van der Waals surface area contributed by atoms with Gasteiger partial charge in [-0.25, -0.2) is 0 Å². The fourth-order valence-electron chi connectivity index (χ4n) is 1.86. The minimum atomic E-state index is -0.513. The van der Waals surface area contributed by atoms with Gasteiger partial charge in [0.25, 0.3) is 0 Å². The van der Waals surface area contributed by atoms with E-state index in [1.165, 1.54) is 11.3 Å². The van der Waals surface area contributed by atoms with Crippen LogP contribution in [0.2, 0.25) is 4.34 Å². The minimum absolute atomic E-state index is 0.0363. The van der Waals surface area contributed by atoms with Crippen molar-refractivity contribution in [2.75, 3.05) is 6.61 Å². The number of hydrogen-bond donors (Lipinski definition) is 2. The van der Waals surface area contributed by atoms with Crippen molar-refractivity contribution in [2.45, 2.75) is 25.8 Å². The third kappa shape index (κ3) is 2.24. The van der Waals surface area contributed by atoms with Gasteiger partial charge in [0.05, 0.1) is 22.9 Å². The van der Waals surface area contributed by atoms with Crippen LogP contribution in [0.25, 0.3) is 0 Å². The molecule has 2 rings (SSSR count). The van der Waals surface area contributed by atoms with Crippen LogP contribution in [-0.2, 0) is 11.3 Å². The number of aliphatic hydroxyl groups is 1. The molecule has 0 atom stereocenters. The molecule has 0 bridgehead atoms. The van der Waals surface area contributed by atoms with Crippen LogP contribution in [0.3, 0.4) is 0 Å². The first kappa shape index (κ1) is 11.9. The SMILES string of the molecule is O=C(NCc1ccc(Cl)s1)C1(CO)CCC1. The highest BCUT2D eigenvalue weighted by atomic mass is 35.5. The molecule has 1 aliphatic carbocycles. The molecule has 1 fully saturated rings. The van der Waals surface area contributed by atoms with E-state index < -0.39 is 5.41 Å². The molecule has 16 heavy (non-hydrogen) atoms. The van der Waals surface area contributed by atoms with E-state index in [9.17, 15) is 9.90 Å².